The summed E-state index contributed by atoms with van der Waals surface area (Å²) in [5.74, 6) is -2.06. The predicted octanol–water partition coefficient (Wildman–Crippen LogP) is 2.50. The fraction of sp³-hybridized carbons (Fsp3) is 0. The van der Waals surface area contributed by atoms with Gasteiger partial charge in [0.1, 0.15) is 5.75 Å². The minimum Gasteiger partial charge on any atom is -0.505 e. The summed E-state index contributed by atoms with van der Waals surface area (Å²) in [5, 5.41) is 21.1. The molecule has 1 heterocycles. The first kappa shape index (κ1) is 14.0. The van der Waals surface area contributed by atoms with Crippen molar-refractivity contribution in [1.82, 2.24) is 4.98 Å². The minimum atomic E-state index is -1.17. The fourth-order valence-corrected chi connectivity index (χ4v) is 1.93. The van der Waals surface area contributed by atoms with E-state index in [4.69, 9.17) is 5.11 Å². The highest BCUT2D eigenvalue weighted by Crippen LogP contribution is 2.23. The summed E-state index contributed by atoms with van der Waals surface area (Å²) >= 11 is 3.16. The molecule has 0 radical (unpaired) electrons. The van der Waals surface area contributed by atoms with Crippen molar-refractivity contribution in [3.05, 3.63) is 52.3 Å². The van der Waals surface area contributed by atoms with Crippen molar-refractivity contribution in [3.63, 3.8) is 0 Å². The number of aromatic hydroxyl groups is 1. The standard InChI is InChI=1S/C13H9BrN2O4/c14-7-1-2-10(9(5-7)13(19)20)16-12(18)8-3-4-15-6-11(8)17/h1-6,17H,(H,16,18)(H,19,20). The molecule has 1 amide bonds. The third kappa shape index (κ3) is 2.94. The van der Waals surface area contributed by atoms with Crippen molar-refractivity contribution in [2.24, 2.45) is 0 Å². The molecule has 7 heteroatoms. The minimum absolute atomic E-state index is 0.0132. The van der Waals surface area contributed by atoms with E-state index in [0.29, 0.717) is 4.47 Å². The van der Waals surface area contributed by atoms with E-state index in [0.717, 1.165) is 6.20 Å². The molecule has 0 saturated heterocycles. The van der Waals surface area contributed by atoms with Crippen LogP contribution in [0, 0.1) is 0 Å². The quantitative estimate of drug-likeness (QED) is 0.799. The Bertz CT molecular complexity index is 688. The zero-order chi connectivity index (χ0) is 14.7. The van der Waals surface area contributed by atoms with E-state index in [1.54, 1.807) is 6.07 Å². The number of carboxylic acid groups (broad SMARTS) is 1. The van der Waals surface area contributed by atoms with Crippen LogP contribution in [0.5, 0.6) is 5.75 Å². The maximum atomic E-state index is 12.0. The number of rotatable bonds is 3. The van der Waals surface area contributed by atoms with Crippen molar-refractivity contribution >= 4 is 33.5 Å². The van der Waals surface area contributed by atoms with Crippen LogP contribution >= 0.6 is 15.9 Å². The predicted molar refractivity (Wildman–Crippen MR) is 75.0 cm³/mol. The molecule has 0 saturated carbocycles. The van der Waals surface area contributed by atoms with E-state index in [2.05, 4.69) is 26.2 Å². The third-order valence-electron chi connectivity index (χ3n) is 2.50. The average molecular weight is 337 g/mol. The lowest BCUT2D eigenvalue weighted by Crippen LogP contribution is -2.15. The number of aromatic nitrogens is 1. The van der Waals surface area contributed by atoms with Crippen LogP contribution in [0.4, 0.5) is 5.69 Å². The monoisotopic (exact) mass is 336 g/mol. The van der Waals surface area contributed by atoms with Gasteiger partial charge in [-0.2, -0.15) is 0 Å². The second-order valence-corrected chi connectivity index (χ2v) is 4.76. The molecule has 0 aliphatic carbocycles. The van der Waals surface area contributed by atoms with Crippen LogP contribution < -0.4 is 5.32 Å². The van der Waals surface area contributed by atoms with E-state index in [1.807, 2.05) is 0 Å². The fourth-order valence-electron chi connectivity index (χ4n) is 1.57. The molecule has 1 aromatic carbocycles. The zero-order valence-electron chi connectivity index (χ0n) is 10.0. The highest BCUT2D eigenvalue weighted by atomic mass is 79.9. The second-order valence-electron chi connectivity index (χ2n) is 3.84. The molecule has 2 rings (SSSR count). The Morgan fingerprint density at radius 2 is 1.95 bits per heavy atom. The number of halogens is 1. The summed E-state index contributed by atoms with van der Waals surface area (Å²) in [4.78, 5) is 26.8. The van der Waals surface area contributed by atoms with Gasteiger partial charge < -0.3 is 15.5 Å². The lowest BCUT2D eigenvalue weighted by Gasteiger charge is -2.09. The highest BCUT2D eigenvalue weighted by molar-refractivity contribution is 9.10. The molecule has 0 bridgehead atoms. The van der Waals surface area contributed by atoms with Crippen LogP contribution in [0.2, 0.25) is 0 Å². The number of hydrogen-bond acceptors (Lipinski definition) is 4. The van der Waals surface area contributed by atoms with Gasteiger partial charge in [-0.25, -0.2) is 4.79 Å². The normalized spacial score (nSPS) is 10.1. The summed E-state index contributed by atoms with van der Waals surface area (Å²) in [5.41, 5.74) is 0.0995. The molecule has 0 fully saturated rings. The van der Waals surface area contributed by atoms with Crippen molar-refractivity contribution in [3.8, 4) is 5.75 Å². The molecule has 0 aliphatic rings. The number of pyridine rings is 1. The van der Waals surface area contributed by atoms with Crippen LogP contribution in [0.1, 0.15) is 20.7 Å². The second kappa shape index (κ2) is 5.70. The number of hydrogen-bond donors (Lipinski definition) is 3. The first-order valence-electron chi connectivity index (χ1n) is 5.46. The van der Waals surface area contributed by atoms with Crippen LogP contribution in [-0.2, 0) is 0 Å². The lowest BCUT2D eigenvalue weighted by atomic mass is 10.1. The van der Waals surface area contributed by atoms with Crippen molar-refractivity contribution in [2.75, 3.05) is 5.32 Å². The van der Waals surface area contributed by atoms with Crippen LogP contribution in [0.25, 0.3) is 0 Å². The maximum Gasteiger partial charge on any atom is 0.337 e. The van der Waals surface area contributed by atoms with E-state index >= 15 is 0 Å². The number of amides is 1. The number of anilines is 1. The molecule has 2 aromatic rings. The summed E-state index contributed by atoms with van der Waals surface area (Å²) in [6.07, 6.45) is 2.49. The van der Waals surface area contributed by atoms with Gasteiger partial charge in [-0.1, -0.05) is 15.9 Å². The van der Waals surface area contributed by atoms with E-state index in [9.17, 15) is 14.7 Å². The maximum absolute atomic E-state index is 12.0. The molecule has 0 unspecified atom stereocenters. The number of carboxylic acids is 1. The van der Waals surface area contributed by atoms with E-state index in [-0.39, 0.29) is 22.6 Å². The number of aromatic carboxylic acids is 1. The van der Waals surface area contributed by atoms with Gasteiger partial charge in [0.15, 0.2) is 0 Å². The number of carbonyl (C=O) groups excluding carboxylic acids is 1. The molecule has 0 spiro atoms. The highest BCUT2D eigenvalue weighted by Gasteiger charge is 2.16. The Morgan fingerprint density at radius 1 is 1.20 bits per heavy atom. The molecule has 1 aromatic heterocycles. The summed E-state index contributed by atoms with van der Waals surface area (Å²) in [6, 6.07) is 5.78. The van der Waals surface area contributed by atoms with Gasteiger partial charge in [0, 0.05) is 10.7 Å². The summed E-state index contributed by atoms with van der Waals surface area (Å²) < 4.78 is 0.583. The van der Waals surface area contributed by atoms with Crippen molar-refractivity contribution < 1.29 is 19.8 Å². The first-order chi connectivity index (χ1) is 9.49. The Morgan fingerprint density at radius 3 is 2.60 bits per heavy atom. The van der Waals surface area contributed by atoms with Crippen molar-refractivity contribution in [2.45, 2.75) is 0 Å². The smallest absolute Gasteiger partial charge is 0.337 e. The Hall–Kier alpha value is -2.41. The van der Waals surface area contributed by atoms with Gasteiger partial charge >= 0.3 is 5.97 Å². The summed E-state index contributed by atoms with van der Waals surface area (Å²) in [6.45, 7) is 0. The van der Waals surface area contributed by atoms with Crippen LogP contribution in [0.3, 0.4) is 0 Å². The van der Waals surface area contributed by atoms with Crippen LogP contribution in [-0.4, -0.2) is 27.1 Å². The topological polar surface area (TPSA) is 99.5 Å². The molecular weight excluding hydrogens is 328 g/mol. The molecule has 0 aliphatic heterocycles. The number of nitrogens with one attached hydrogen (secondary N) is 1. The van der Waals surface area contributed by atoms with E-state index < -0.39 is 11.9 Å². The van der Waals surface area contributed by atoms with Gasteiger partial charge in [-0.15, -0.1) is 0 Å². The lowest BCUT2D eigenvalue weighted by molar-refractivity contribution is 0.0698. The Kier molecular flexibility index (Phi) is 3.99. The van der Waals surface area contributed by atoms with Gasteiger partial charge in [0.25, 0.3) is 5.91 Å². The molecular formula is C13H9BrN2O4. The van der Waals surface area contributed by atoms with Gasteiger partial charge in [-0.05, 0) is 24.3 Å². The van der Waals surface area contributed by atoms with Gasteiger partial charge in [0.05, 0.1) is 23.0 Å². The van der Waals surface area contributed by atoms with Crippen molar-refractivity contribution in [1.29, 1.82) is 0 Å². The number of nitrogens with zero attached hydrogens (tertiary/aromatic N) is 1. The SMILES string of the molecule is O=C(Nc1ccc(Br)cc1C(=O)O)c1ccncc1O. The molecule has 102 valence electrons. The zero-order valence-corrected chi connectivity index (χ0v) is 11.6. The Labute approximate surface area is 122 Å². The molecule has 20 heavy (non-hydrogen) atoms. The third-order valence-corrected chi connectivity index (χ3v) is 3.00. The summed E-state index contributed by atoms with van der Waals surface area (Å²) in [7, 11) is 0. The van der Waals surface area contributed by atoms with E-state index in [1.165, 1.54) is 24.4 Å². The molecule has 0 atom stereocenters. The number of carbonyl (C=O) groups is 2. The largest absolute Gasteiger partial charge is 0.505 e. The average Bonchev–Trinajstić information content (AvgIpc) is 2.41. The van der Waals surface area contributed by atoms with Gasteiger partial charge in [0.2, 0.25) is 0 Å². The Balaban J connectivity index is 2.33. The van der Waals surface area contributed by atoms with Crippen LogP contribution in [0.15, 0.2) is 41.1 Å². The molecule has 6 nitrogen and oxygen atoms in total. The van der Waals surface area contributed by atoms with Gasteiger partial charge in [-0.3, -0.25) is 9.78 Å². The first-order valence-corrected chi connectivity index (χ1v) is 6.25. The molecule has 3 N–H and O–H groups in total. The number of benzene rings is 1.